The predicted molar refractivity (Wildman–Crippen MR) is 40.1 cm³/mol. The second-order valence-electron chi connectivity index (χ2n) is 1.54. The number of carboxylic acid groups (broad SMARTS) is 1. The zero-order valence-corrected chi connectivity index (χ0v) is 8.49. The topological polar surface area (TPSA) is 164 Å². The van der Waals surface area contributed by atoms with Crippen LogP contribution in [0.1, 0.15) is 0 Å². The second-order valence-corrected chi connectivity index (χ2v) is 6.81. The van der Waals surface area contributed by atoms with Gasteiger partial charge in [-0.15, -0.1) is 3.97 Å². The summed E-state index contributed by atoms with van der Waals surface area (Å²) in [5, 5.41) is 7.90. The minimum absolute atomic E-state index is 2.31. The first-order valence-corrected chi connectivity index (χ1v) is 7.01. The number of hydrogen-bond acceptors (Lipinski definition) is 7. The fraction of sp³-hybridized carbons (Fsp3) is 0. The van der Waals surface area contributed by atoms with Crippen molar-refractivity contribution in [1.82, 2.24) is 0 Å². The molecule has 0 aliphatic carbocycles. The molecule has 3 N–H and O–H groups in total. The maximum Gasteiger partial charge on any atom is 0.516 e. The van der Waals surface area contributed by atoms with Crippen molar-refractivity contribution in [2.45, 2.75) is 0 Å². The van der Waals surface area contributed by atoms with Crippen molar-refractivity contribution in [3.63, 3.8) is 0 Å². The van der Waals surface area contributed by atoms with Crippen LogP contribution in [-0.4, -0.2) is 33.0 Å². The lowest BCUT2D eigenvalue weighted by Crippen LogP contribution is -2.10. The average Bonchev–Trinajstić information content (AvgIpc) is 1.79. The summed E-state index contributed by atoms with van der Waals surface area (Å²) in [6.45, 7) is -5.38. The van der Waals surface area contributed by atoms with Crippen LogP contribution in [0.5, 0.6) is 0 Å². The van der Waals surface area contributed by atoms with E-state index in [4.69, 9.17) is 14.2 Å². The van der Waals surface area contributed by atoms with E-state index in [0.717, 1.165) is 0 Å². The fourth-order valence-corrected chi connectivity index (χ4v) is 3.34. The van der Waals surface area contributed by atoms with E-state index >= 15 is 0 Å². The largest absolute Gasteiger partial charge is 0.516 e. The molecule has 14 heavy (non-hydrogen) atoms. The Morgan fingerprint density at radius 1 is 1.43 bits per heavy atom. The molecule has 0 spiro atoms. The molecule has 0 aliphatic rings. The summed E-state index contributed by atoms with van der Waals surface area (Å²) in [5.41, 5.74) is 0. The van der Waals surface area contributed by atoms with Crippen molar-refractivity contribution in [3.8, 4) is 0 Å². The molecule has 0 saturated heterocycles. The van der Waals surface area contributed by atoms with E-state index in [-0.39, 0.29) is 0 Å². The Kier molecular flexibility index (Phi) is 4.17. The quantitative estimate of drug-likeness (QED) is 0.354. The highest BCUT2D eigenvalue weighted by Crippen LogP contribution is 2.52. The lowest BCUT2D eigenvalue weighted by atomic mass is 11.5. The number of hydrogen-bond donors (Lipinski definition) is 3. The van der Waals surface area contributed by atoms with Crippen LogP contribution in [0.25, 0.3) is 0 Å². The SMILES string of the molecule is O=C(O)OP(=O)(OS(=O)(=O)O)S(=O)O. The van der Waals surface area contributed by atoms with Crippen molar-refractivity contribution >= 4 is 34.1 Å². The molecule has 13 heteroatoms. The van der Waals surface area contributed by atoms with Gasteiger partial charge in [-0.1, -0.05) is 0 Å². The standard InChI is InChI=1S/CH3O10PS2/c2-1(3)10-12(4,13(5)6)11-14(7,8)9/h(H,2,3)(H,5,6)(H,7,8,9). The van der Waals surface area contributed by atoms with Gasteiger partial charge in [0.25, 0.3) is 10.7 Å². The molecular weight excluding hydrogens is 267 g/mol. The van der Waals surface area contributed by atoms with Gasteiger partial charge in [-0.3, -0.25) is 9.11 Å². The molecule has 0 heterocycles. The van der Waals surface area contributed by atoms with E-state index in [1.807, 2.05) is 0 Å². The van der Waals surface area contributed by atoms with Crippen LogP contribution in [0.2, 0.25) is 0 Å². The summed E-state index contributed by atoms with van der Waals surface area (Å²) >= 11 is 0. The van der Waals surface area contributed by atoms with Gasteiger partial charge in [0.1, 0.15) is 0 Å². The Bertz CT molecular complexity index is 390. The van der Waals surface area contributed by atoms with Crippen molar-refractivity contribution < 1.29 is 44.7 Å². The van der Waals surface area contributed by atoms with Gasteiger partial charge in [0.15, 0.2) is 0 Å². The molecule has 2 unspecified atom stereocenters. The van der Waals surface area contributed by atoms with Gasteiger partial charge < -0.3 is 9.63 Å². The van der Waals surface area contributed by atoms with Crippen LogP contribution in [0.15, 0.2) is 0 Å². The number of rotatable bonds is 4. The highest BCUT2D eigenvalue weighted by Gasteiger charge is 2.42. The molecular formula is CH3O10PS2. The average molecular weight is 270 g/mol. The summed E-state index contributed by atoms with van der Waals surface area (Å²) in [4.78, 5) is 9.81. The Balaban J connectivity index is 5.04. The van der Waals surface area contributed by atoms with E-state index in [1.54, 1.807) is 0 Å². The monoisotopic (exact) mass is 270 g/mol. The summed E-state index contributed by atoms with van der Waals surface area (Å²) in [6.07, 6.45) is -2.31. The second kappa shape index (κ2) is 4.33. The molecule has 0 fully saturated rings. The van der Waals surface area contributed by atoms with Crippen LogP contribution < -0.4 is 0 Å². The smallest absolute Gasteiger partial charge is 0.449 e. The van der Waals surface area contributed by atoms with Crippen LogP contribution in [0.4, 0.5) is 4.79 Å². The van der Waals surface area contributed by atoms with Crippen LogP contribution in [-0.2, 0) is 34.2 Å². The molecule has 0 saturated carbocycles. The first-order chi connectivity index (χ1) is 6.07. The summed E-state index contributed by atoms with van der Waals surface area (Å²) < 4.78 is 63.5. The van der Waals surface area contributed by atoms with Crippen LogP contribution in [0, 0.1) is 0 Å². The van der Waals surface area contributed by atoms with E-state index in [0.29, 0.717) is 0 Å². The molecule has 0 aliphatic heterocycles. The van der Waals surface area contributed by atoms with Gasteiger partial charge in [0.05, 0.1) is 0 Å². The van der Waals surface area contributed by atoms with E-state index in [2.05, 4.69) is 8.49 Å². The van der Waals surface area contributed by atoms with Crippen molar-refractivity contribution in [1.29, 1.82) is 0 Å². The number of carbonyl (C=O) groups is 1. The lowest BCUT2D eigenvalue weighted by Gasteiger charge is -2.08. The van der Waals surface area contributed by atoms with E-state index < -0.39 is 34.1 Å². The molecule has 0 aromatic heterocycles. The Morgan fingerprint density at radius 3 is 2.07 bits per heavy atom. The minimum atomic E-state index is -5.38. The zero-order valence-electron chi connectivity index (χ0n) is 5.96. The molecule has 0 radical (unpaired) electrons. The van der Waals surface area contributed by atoms with Gasteiger partial charge in [-0.05, 0) is 0 Å². The van der Waals surface area contributed by atoms with Gasteiger partial charge in [0.2, 0.25) is 0 Å². The normalized spacial score (nSPS) is 18.1. The van der Waals surface area contributed by atoms with E-state index in [1.165, 1.54) is 0 Å². The Morgan fingerprint density at radius 2 is 1.86 bits per heavy atom. The maximum atomic E-state index is 10.8. The molecule has 0 bridgehead atoms. The first kappa shape index (κ1) is 13.5. The Hall–Kier alpha value is -0.520. The van der Waals surface area contributed by atoms with Gasteiger partial charge in [-0.25, -0.2) is 13.6 Å². The highest BCUT2D eigenvalue weighted by molar-refractivity contribution is 8.44. The van der Waals surface area contributed by atoms with Crippen LogP contribution in [0.3, 0.4) is 0 Å². The third-order valence-corrected chi connectivity index (χ3v) is 4.73. The zero-order chi connectivity index (χ0) is 11.6. The van der Waals surface area contributed by atoms with Crippen molar-refractivity contribution in [2.24, 2.45) is 0 Å². The minimum Gasteiger partial charge on any atom is -0.449 e. The summed E-state index contributed by atoms with van der Waals surface area (Å²) in [7, 11) is -8.92. The predicted octanol–water partition coefficient (Wildman–Crippen LogP) is -0.170. The molecule has 0 aromatic carbocycles. The van der Waals surface area contributed by atoms with Crippen molar-refractivity contribution in [2.75, 3.05) is 0 Å². The van der Waals surface area contributed by atoms with Gasteiger partial charge in [-0.2, -0.15) is 8.42 Å². The van der Waals surface area contributed by atoms with Crippen LogP contribution >= 0.6 is 6.80 Å². The molecule has 10 nitrogen and oxygen atoms in total. The Labute approximate surface area is 79.3 Å². The summed E-state index contributed by atoms with van der Waals surface area (Å²) in [6, 6.07) is 0. The molecule has 0 aromatic rings. The molecule has 0 rings (SSSR count). The highest BCUT2D eigenvalue weighted by atomic mass is 32.8. The third-order valence-electron chi connectivity index (χ3n) is 0.567. The van der Waals surface area contributed by atoms with Gasteiger partial charge in [0, 0.05) is 0 Å². The molecule has 0 amide bonds. The van der Waals surface area contributed by atoms with E-state index in [9.17, 15) is 22.0 Å². The maximum absolute atomic E-state index is 10.8. The third kappa shape index (κ3) is 4.64. The summed E-state index contributed by atoms with van der Waals surface area (Å²) in [5.74, 6) is 0. The van der Waals surface area contributed by atoms with Crippen molar-refractivity contribution in [3.05, 3.63) is 0 Å². The van der Waals surface area contributed by atoms with Gasteiger partial charge >= 0.3 is 23.4 Å². The lowest BCUT2D eigenvalue weighted by molar-refractivity contribution is 0.141. The molecule has 2 atom stereocenters. The fourth-order valence-electron chi connectivity index (χ4n) is 0.284. The first-order valence-electron chi connectivity index (χ1n) is 2.39. The molecule has 84 valence electrons.